The van der Waals surface area contributed by atoms with Crippen molar-refractivity contribution in [2.24, 2.45) is 4.99 Å². The summed E-state index contributed by atoms with van der Waals surface area (Å²) in [4.78, 5) is 4.55. The number of rotatable bonds is 8. The third-order valence-electron chi connectivity index (χ3n) is 3.11. The standard InChI is InChI=1S/C17H29NSSi/c1-6-17(19-20(3,4)5)8-7-13-18-14-16-11-9-15(2)10-12-16/h9-12,14,17H,6-8,13H2,1-5H3. The lowest BCUT2D eigenvalue weighted by Crippen LogP contribution is -2.20. The highest BCUT2D eigenvalue weighted by molar-refractivity contribution is 8.29. The Hall–Kier alpha value is -0.543. The van der Waals surface area contributed by atoms with Gasteiger partial charge in [-0.3, -0.25) is 4.99 Å². The highest BCUT2D eigenvalue weighted by Crippen LogP contribution is 2.29. The first-order valence-corrected chi connectivity index (χ1v) is 12.8. The van der Waals surface area contributed by atoms with Gasteiger partial charge in [-0.05, 0) is 37.0 Å². The zero-order valence-electron chi connectivity index (χ0n) is 13.6. The Morgan fingerprint density at radius 2 is 1.85 bits per heavy atom. The zero-order chi connectivity index (χ0) is 15.0. The molecule has 1 aromatic rings. The van der Waals surface area contributed by atoms with Gasteiger partial charge in [0, 0.05) is 12.8 Å². The van der Waals surface area contributed by atoms with Crippen LogP contribution in [0.5, 0.6) is 0 Å². The summed E-state index contributed by atoms with van der Waals surface area (Å²) in [5, 5.41) is 0.830. The predicted molar refractivity (Wildman–Crippen MR) is 97.9 cm³/mol. The number of nitrogens with zero attached hydrogens (tertiary/aromatic N) is 1. The SMILES string of the molecule is CCC(CCCN=Cc1ccc(C)cc1)S[Si](C)(C)C. The molecule has 0 fully saturated rings. The smallest absolute Gasteiger partial charge is 0.108 e. The van der Waals surface area contributed by atoms with E-state index < -0.39 is 7.22 Å². The van der Waals surface area contributed by atoms with Crippen LogP contribution in [0, 0.1) is 6.92 Å². The summed E-state index contributed by atoms with van der Waals surface area (Å²) >= 11 is 2.24. The van der Waals surface area contributed by atoms with E-state index in [0.29, 0.717) is 0 Å². The van der Waals surface area contributed by atoms with Crippen molar-refractivity contribution < 1.29 is 0 Å². The Bertz CT molecular complexity index is 406. The van der Waals surface area contributed by atoms with E-state index in [-0.39, 0.29) is 0 Å². The molecular formula is C17H29NSSi. The minimum absolute atomic E-state index is 0.830. The van der Waals surface area contributed by atoms with Crippen molar-refractivity contribution in [1.82, 2.24) is 0 Å². The maximum Gasteiger partial charge on any atom is 0.108 e. The minimum Gasteiger partial charge on any atom is -0.293 e. The van der Waals surface area contributed by atoms with Gasteiger partial charge in [-0.1, -0.05) is 56.4 Å². The first kappa shape index (κ1) is 17.5. The summed E-state index contributed by atoms with van der Waals surface area (Å²) in [5.41, 5.74) is 2.51. The van der Waals surface area contributed by atoms with Gasteiger partial charge >= 0.3 is 0 Å². The molecule has 0 N–H and O–H groups in total. The Balaban J connectivity index is 2.28. The molecule has 0 spiro atoms. The highest BCUT2D eigenvalue weighted by atomic mass is 32.4. The molecule has 0 heterocycles. The van der Waals surface area contributed by atoms with Crippen LogP contribution in [0.3, 0.4) is 0 Å². The highest BCUT2D eigenvalue weighted by Gasteiger charge is 2.19. The maximum atomic E-state index is 4.55. The third-order valence-corrected chi connectivity index (χ3v) is 7.84. The first-order valence-electron chi connectivity index (χ1n) is 7.65. The summed E-state index contributed by atoms with van der Waals surface area (Å²) in [6.07, 6.45) is 5.80. The van der Waals surface area contributed by atoms with Gasteiger partial charge in [0.05, 0.1) is 0 Å². The Morgan fingerprint density at radius 1 is 1.20 bits per heavy atom. The summed E-state index contributed by atoms with van der Waals surface area (Å²) < 4.78 is 0. The molecule has 0 amide bonds. The largest absolute Gasteiger partial charge is 0.293 e. The van der Waals surface area contributed by atoms with Gasteiger partial charge in [-0.15, -0.1) is 0 Å². The molecule has 0 radical (unpaired) electrons. The first-order chi connectivity index (χ1) is 9.40. The van der Waals surface area contributed by atoms with Gasteiger partial charge in [0.25, 0.3) is 0 Å². The molecular weight excluding hydrogens is 278 g/mol. The predicted octanol–water partition coefficient (Wildman–Crippen LogP) is 5.54. The van der Waals surface area contributed by atoms with E-state index in [1.165, 1.54) is 30.4 Å². The van der Waals surface area contributed by atoms with Gasteiger partial charge in [0.15, 0.2) is 0 Å². The molecule has 0 aliphatic heterocycles. The second-order valence-corrected chi connectivity index (χ2v) is 15.9. The van der Waals surface area contributed by atoms with Crippen molar-refractivity contribution in [3.05, 3.63) is 35.4 Å². The maximum absolute atomic E-state index is 4.55. The second-order valence-electron chi connectivity index (χ2n) is 6.35. The number of hydrogen-bond acceptors (Lipinski definition) is 2. The van der Waals surface area contributed by atoms with Gasteiger partial charge < -0.3 is 0 Å². The fourth-order valence-corrected chi connectivity index (χ4v) is 7.38. The van der Waals surface area contributed by atoms with E-state index in [4.69, 9.17) is 0 Å². The topological polar surface area (TPSA) is 12.4 Å². The summed E-state index contributed by atoms with van der Waals surface area (Å²) in [7, 11) is -0.990. The molecule has 1 unspecified atom stereocenters. The van der Waals surface area contributed by atoms with Crippen LogP contribution in [0.4, 0.5) is 0 Å². The third kappa shape index (κ3) is 7.90. The second kappa shape index (κ2) is 8.68. The van der Waals surface area contributed by atoms with Crippen LogP contribution in [0.2, 0.25) is 19.6 Å². The van der Waals surface area contributed by atoms with Crippen molar-refractivity contribution in [2.75, 3.05) is 6.54 Å². The van der Waals surface area contributed by atoms with Gasteiger partial charge in [-0.2, -0.15) is 11.2 Å². The van der Waals surface area contributed by atoms with Gasteiger partial charge in [0.2, 0.25) is 0 Å². The van der Waals surface area contributed by atoms with E-state index in [9.17, 15) is 0 Å². The molecule has 1 rings (SSSR count). The molecule has 20 heavy (non-hydrogen) atoms. The van der Waals surface area contributed by atoms with E-state index >= 15 is 0 Å². The van der Waals surface area contributed by atoms with Crippen LogP contribution in [-0.4, -0.2) is 25.2 Å². The van der Waals surface area contributed by atoms with Crippen molar-refractivity contribution >= 4 is 24.6 Å². The summed E-state index contributed by atoms with van der Waals surface area (Å²) in [6.45, 7) is 12.7. The van der Waals surface area contributed by atoms with Crippen LogP contribution >= 0.6 is 11.2 Å². The van der Waals surface area contributed by atoms with E-state index in [1.807, 2.05) is 6.21 Å². The quantitative estimate of drug-likeness (QED) is 0.349. The number of aliphatic imine (C=N–C) groups is 1. The Morgan fingerprint density at radius 3 is 2.40 bits per heavy atom. The van der Waals surface area contributed by atoms with Crippen molar-refractivity contribution in [2.45, 2.75) is 58.0 Å². The number of benzene rings is 1. The molecule has 0 aromatic heterocycles. The molecule has 0 aliphatic carbocycles. The summed E-state index contributed by atoms with van der Waals surface area (Å²) in [5.74, 6) is 0. The van der Waals surface area contributed by atoms with Crippen LogP contribution in [0.1, 0.15) is 37.3 Å². The minimum atomic E-state index is -0.990. The fraction of sp³-hybridized carbons (Fsp3) is 0.588. The van der Waals surface area contributed by atoms with Crippen molar-refractivity contribution in [3.63, 3.8) is 0 Å². The normalized spacial score (nSPS) is 13.8. The van der Waals surface area contributed by atoms with E-state index in [0.717, 1.165) is 11.8 Å². The molecule has 0 saturated carbocycles. The van der Waals surface area contributed by atoms with Crippen LogP contribution in [-0.2, 0) is 0 Å². The average Bonchev–Trinajstić information content (AvgIpc) is 2.37. The molecule has 0 aliphatic rings. The van der Waals surface area contributed by atoms with Gasteiger partial charge in [0.1, 0.15) is 7.22 Å². The molecule has 1 nitrogen and oxygen atoms in total. The van der Waals surface area contributed by atoms with Crippen LogP contribution < -0.4 is 0 Å². The van der Waals surface area contributed by atoms with E-state index in [2.05, 4.69) is 74.0 Å². The van der Waals surface area contributed by atoms with Crippen molar-refractivity contribution in [1.29, 1.82) is 0 Å². The fourth-order valence-electron chi connectivity index (χ4n) is 2.08. The Kier molecular flexibility index (Phi) is 7.60. The molecule has 0 bridgehead atoms. The molecule has 3 heteroatoms. The number of hydrogen-bond donors (Lipinski definition) is 0. The lowest BCUT2D eigenvalue weighted by Gasteiger charge is -2.23. The lowest BCUT2D eigenvalue weighted by molar-refractivity contribution is 0.693. The Labute approximate surface area is 129 Å². The van der Waals surface area contributed by atoms with Crippen LogP contribution in [0.15, 0.2) is 29.3 Å². The molecule has 1 aromatic carbocycles. The molecule has 1 atom stereocenters. The lowest BCUT2D eigenvalue weighted by atomic mass is 10.2. The monoisotopic (exact) mass is 307 g/mol. The molecule has 112 valence electrons. The average molecular weight is 308 g/mol. The zero-order valence-corrected chi connectivity index (χ0v) is 15.5. The number of aryl methyl sites for hydroxylation is 1. The van der Waals surface area contributed by atoms with Crippen LogP contribution in [0.25, 0.3) is 0 Å². The van der Waals surface area contributed by atoms with E-state index in [1.54, 1.807) is 0 Å². The summed E-state index contributed by atoms with van der Waals surface area (Å²) in [6, 6.07) is 8.54. The van der Waals surface area contributed by atoms with Gasteiger partial charge in [-0.25, -0.2) is 0 Å². The van der Waals surface area contributed by atoms with Crippen molar-refractivity contribution in [3.8, 4) is 0 Å². The molecule has 0 saturated heterocycles.